The van der Waals surface area contributed by atoms with E-state index in [1.54, 1.807) is 0 Å². The van der Waals surface area contributed by atoms with Crippen molar-refractivity contribution in [1.29, 1.82) is 0 Å². The summed E-state index contributed by atoms with van der Waals surface area (Å²) in [6.45, 7) is 9.90. The maximum absolute atomic E-state index is 3.48. The molecule has 0 aromatic heterocycles. The minimum atomic E-state index is 0.634. The molecule has 0 amide bonds. The van der Waals surface area contributed by atoms with Gasteiger partial charge in [0.1, 0.15) is 0 Å². The molecule has 1 rings (SSSR count). The largest absolute Gasteiger partial charge is 0.103 e. The van der Waals surface area contributed by atoms with Crippen LogP contribution in [0.3, 0.4) is 0 Å². The van der Waals surface area contributed by atoms with Crippen LogP contribution in [0.25, 0.3) is 6.08 Å². The Hall–Kier alpha value is -1.30. The maximum atomic E-state index is 3.48. The zero-order chi connectivity index (χ0) is 11.5. The summed E-state index contributed by atoms with van der Waals surface area (Å²) in [5.74, 6) is 0.634. The van der Waals surface area contributed by atoms with E-state index in [0.29, 0.717) is 5.92 Å². The first-order chi connectivity index (χ1) is 7.20. The number of benzene rings is 1. The lowest BCUT2D eigenvalue weighted by molar-refractivity contribution is 0.836. The highest BCUT2D eigenvalue weighted by Gasteiger charge is 1.84. The third-order valence-electron chi connectivity index (χ3n) is 1.76. The Bertz CT molecular complexity index is 267. The smallest absolute Gasteiger partial charge is 0.0260 e. The van der Waals surface area contributed by atoms with Crippen LogP contribution in [0.2, 0.25) is 0 Å². The van der Waals surface area contributed by atoms with Gasteiger partial charge in [-0.1, -0.05) is 69.3 Å². The second kappa shape index (κ2) is 9.26. The van der Waals surface area contributed by atoms with E-state index in [2.05, 4.69) is 63.8 Å². The lowest BCUT2D eigenvalue weighted by Gasteiger charge is -1.93. The minimum absolute atomic E-state index is 0.634. The van der Waals surface area contributed by atoms with Crippen molar-refractivity contribution in [2.24, 2.45) is 5.92 Å². The lowest BCUT2D eigenvalue weighted by atomic mass is 10.1. The van der Waals surface area contributed by atoms with Crippen LogP contribution in [-0.4, -0.2) is 0 Å². The first-order valence-electron chi connectivity index (χ1n) is 5.54. The van der Waals surface area contributed by atoms with Crippen LogP contribution < -0.4 is 0 Å². The molecule has 1 aromatic carbocycles. The summed E-state index contributed by atoms with van der Waals surface area (Å²) in [5.41, 5.74) is 1.28. The molecule has 0 spiro atoms. The highest BCUT2D eigenvalue weighted by Crippen LogP contribution is 2.03. The van der Waals surface area contributed by atoms with Crippen LogP contribution in [-0.2, 0) is 0 Å². The first-order valence-corrected chi connectivity index (χ1v) is 5.54. The van der Waals surface area contributed by atoms with E-state index >= 15 is 0 Å². The Morgan fingerprint density at radius 3 is 2.13 bits per heavy atom. The lowest BCUT2D eigenvalue weighted by Crippen LogP contribution is -1.76. The fraction of sp³-hybridized carbons (Fsp3) is 0.333. The van der Waals surface area contributed by atoms with Crippen molar-refractivity contribution in [3.05, 3.63) is 54.6 Å². The summed E-state index contributed by atoms with van der Waals surface area (Å²) >= 11 is 0. The highest BCUT2D eigenvalue weighted by molar-refractivity contribution is 5.48. The van der Waals surface area contributed by atoms with Crippen molar-refractivity contribution < 1.29 is 0 Å². The molecular weight excluding hydrogens is 180 g/mol. The van der Waals surface area contributed by atoms with E-state index in [4.69, 9.17) is 0 Å². The molecular formula is C15H22. The van der Waals surface area contributed by atoms with Gasteiger partial charge >= 0.3 is 0 Å². The summed E-state index contributed by atoms with van der Waals surface area (Å²) in [7, 11) is 0. The van der Waals surface area contributed by atoms with E-state index in [1.165, 1.54) is 5.56 Å². The summed E-state index contributed by atoms with van der Waals surface area (Å²) in [5, 5.41) is 0. The van der Waals surface area contributed by atoms with Crippen LogP contribution >= 0.6 is 0 Å². The van der Waals surface area contributed by atoms with Crippen molar-refractivity contribution in [1.82, 2.24) is 0 Å². The molecule has 0 heterocycles. The molecule has 0 fully saturated rings. The Kier molecular flexibility index (Phi) is 8.46. The quantitative estimate of drug-likeness (QED) is 0.609. The van der Waals surface area contributed by atoms with Crippen LogP contribution in [0.15, 0.2) is 49.1 Å². The fourth-order valence-electron chi connectivity index (χ4n) is 0.868. The number of hydrogen-bond donors (Lipinski definition) is 0. The van der Waals surface area contributed by atoms with Crippen molar-refractivity contribution in [3.8, 4) is 0 Å². The van der Waals surface area contributed by atoms with E-state index in [0.717, 1.165) is 6.42 Å². The number of hydrogen-bond acceptors (Lipinski definition) is 0. The van der Waals surface area contributed by atoms with Crippen LogP contribution in [0, 0.1) is 5.92 Å². The summed E-state index contributed by atoms with van der Waals surface area (Å²) in [6.07, 6.45) is 7.32. The standard InChI is InChI=1S/C11H14.C4H8/c1-10(2)8-9-11-6-4-3-5-7-11;1-3-4-2/h3-10H,1-2H3;3H,1,4H2,2H3/b9-8+;. The number of rotatable bonds is 3. The molecule has 0 radical (unpaired) electrons. The van der Waals surface area contributed by atoms with E-state index in [-0.39, 0.29) is 0 Å². The average molecular weight is 202 g/mol. The monoisotopic (exact) mass is 202 g/mol. The molecule has 0 aliphatic rings. The zero-order valence-corrected chi connectivity index (χ0v) is 10.1. The molecule has 15 heavy (non-hydrogen) atoms. The Balaban J connectivity index is 0.000000423. The normalized spacial score (nSPS) is 9.87. The van der Waals surface area contributed by atoms with Crippen LogP contribution in [0.4, 0.5) is 0 Å². The molecule has 0 aliphatic carbocycles. The van der Waals surface area contributed by atoms with Gasteiger partial charge in [0.2, 0.25) is 0 Å². The van der Waals surface area contributed by atoms with E-state index < -0.39 is 0 Å². The van der Waals surface area contributed by atoms with Crippen molar-refractivity contribution >= 4 is 6.08 Å². The van der Waals surface area contributed by atoms with Gasteiger partial charge in [-0.25, -0.2) is 0 Å². The molecule has 0 bridgehead atoms. The van der Waals surface area contributed by atoms with Gasteiger partial charge in [-0.3, -0.25) is 0 Å². The second-order valence-corrected chi connectivity index (χ2v) is 3.71. The van der Waals surface area contributed by atoms with Crippen LogP contribution in [0.1, 0.15) is 32.8 Å². The molecule has 0 heteroatoms. The van der Waals surface area contributed by atoms with Gasteiger partial charge in [0.15, 0.2) is 0 Å². The molecule has 0 aliphatic heterocycles. The van der Waals surface area contributed by atoms with Crippen molar-refractivity contribution in [2.45, 2.75) is 27.2 Å². The van der Waals surface area contributed by atoms with E-state index in [9.17, 15) is 0 Å². The van der Waals surface area contributed by atoms with Gasteiger partial charge in [-0.15, -0.1) is 6.58 Å². The minimum Gasteiger partial charge on any atom is -0.103 e. The Morgan fingerprint density at radius 2 is 1.73 bits per heavy atom. The first kappa shape index (κ1) is 13.7. The fourth-order valence-corrected chi connectivity index (χ4v) is 0.868. The zero-order valence-electron chi connectivity index (χ0n) is 10.1. The van der Waals surface area contributed by atoms with Gasteiger partial charge < -0.3 is 0 Å². The molecule has 82 valence electrons. The second-order valence-electron chi connectivity index (χ2n) is 3.71. The predicted molar refractivity (Wildman–Crippen MR) is 70.8 cm³/mol. The van der Waals surface area contributed by atoms with Gasteiger partial charge in [0.05, 0.1) is 0 Å². The maximum Gasteiger partial charge on any atom is -0.0260 e. The Labute approximate surface area is 94.3 Å². The topological polar surface area (TPSA) is 0 Å². The van der Waals surface area contributed by atoms with E-state index in [1.807, 2.05) is 12.1 Å². The third kappa shape index (κ3) is 9.01. The molecule has 1 aromatic rings. The molecule has 0 N–H and O–H groups in total. The van der Waals surface area contributed by atoms with Gasteiger partial charge in [0, 0.05) is 0 Å². The molecule has 0 saturated heterocycles. The van der Waals surface area contributed by atoms with Crippen molar-refractivity contribution in [2.75, 3.05) is 0 Å². The van der Waals surface area contributed by atoms with Crippen molar-refractivity contribution in [3.63, 3.8) is 0 Å². The predicted octanol–water partition coefficient (Wildman–Crippen LogP) is 4.94. The molecule has 0 saturated carbocycles. The number of allylic oxidation sites excluding steroid dienone is 2. The summed E-state index contributed by atoms with van der Waals surface area (Å²) in [6, 6.07) is 10.4. The van der Waals surface area contributed by atoms with Crippen LogP contribution in [0.5, 0.6) is 0 Å². The van der Waals surface area contributed by atoms with Gasteiger partial charge in [-0.05, 0) is 17.9 Å². The third-order valence-corrected chi connectivity index (χ3v) is 1.76. The Morgan fingerprint density at radius 1 is 1.20 bits per heavy atom. The SMILES string of the molecule is C=CCC.CC(C)/C=C/c1ccccc1. The van der Waals surface area contributed by atoms with Gasteiger partial charge in [0.25, 0.3) is 0 Å². The summed E-state index contributed by atoms with van der Waals surface area (Å²) < 4.78 is 0. The molecule has 0 atom stereocenters. The highest BCUT2D eigenvalue weighted by atomic mass is 13.9. The average Bonchev–Trinajstić information content (AvgIpc) is 2.28. The van der Waals surface area contributed by atoms with Gasteiger partial charge in [-0.2, -0.15) is 0 Å². The molecule has 0 nitrogen and oxygen atoms in total. The summed E-state index contributed by atoms with van der Waals surface area (Å²) in [4.78, 5) is 0. The molecule has 0 unspecified atom stereocenters.